The Bertz CT molecular complexity index is 617. The lowest BCUT2D eigenvalue weighted by atomic mass is 10.1. The molecule has 3 heterocycles. The summed E-state index contributed by atoms with van der Waals surface area (Å²) >= 11 is 0. The summed E-state index contributed by atoms with van der Waals surface area (Å²) < 4.78 is 16.6. The lowest BCUT2D eigenvalue weighted by Gasteiger charge is -2.31. The molecule has 2 amide bonds. The van der Waals surface area contributed by atoms with Crippen LogP contribution in [-0.2, 0) is 30.3 Å². The van der Waals surface area contributed by atoms with Crippen LogP contribution in [0.3, 0.4) is 0 Å². The van der Waals surface area contributed by atoms with E-state index in [1.807, 2.05) is 30.3 Å². The first-order chi connectivity index (χ1) is 11.7. The number of rotatable bonds is 3. The molecule has 0 aliphatic carbocycles. The van der Waals surface area contributed by atoms with E-state index < -0.39 is 18.5 Å². The summed E-state index contributed by atoms with van der Waals surface area (Å²) in [6, 6.07) is 9.77. The van der Waals surface area contributed by atoms with E-state index in [-0.39, 0.29) is 11.8 Å². The van der Waals surface area contributed by atoms with Gasteiger partial charge in [0.1, 0.15) is 0 Å². The molecule has 3 saturated heterocycles. The number of benzene rings is 1. The van der Waals surface area contributed by atoms with Gasteiger partial charge in [0.25, 0.3) is 11.8 Å². The topological polar surface area (TPSA) is 68.3 Å². The van der Waals surface area contributed by atoms with Crippen LogP contribution in [0, 0.1) is 0 Å². The van der Waals surface area contributed by atoms with Crippen molar-refractivity contribution < 1.29 is 23.8 Å². The van der Waals surface area contributed by atoms with Gasteiger partial charge < -0.3 is 24.0 Å². The first-order valence-electron chi connectivity index (χ1n) is 8.22. The third-order valence-electron chi connectivity index (χ3n) is 4.58. The van der Waals surface area contributed by atoms with Crippen LogP contribution in [0.2, 0.25) is 0 Å². The van der Waals surface area contributed by atoms with Crippen molar-refractivity contribution in [2.45, 2.75) is 25.0 Å². The SMILES string of the molecule is O=C([C@@H]1O[C@H]2CN(Cc3ccccc3)C(=O)[C@@H]1O2)N1CCOCC1. The fraction of sp³-hybridized carbons (Fsp3) is 0.529. The lowest BCUT2D eigenvalue weighted by Crippen LogP contribution is -2.53. The predicted octanol–water partition coefficient (Wildman–Crippen LogP) is -0.00230. The lowest BCUT2D eigenvalue weighted by molar-refractivity contribution is -0.162. The van der Waals surface area contributed by atoms with Crippen LogP contribution in [0.1, 0.15) is 5.56 Å². The molecule has 7 heteroatoms. The fourth-order valence-electron chi connectivity index (χ4n) is 3.32. The molecule has 24 heavy (non-hydrogen) atoms. The van der Waals surface area contributed by atoms with E-state index in [2.05, 4.69) is 0 Å². The average molecular weight is 332 g/mol. The zero-order chi connectivity index (χ0) is 16.5. The van der Waals surface area contributed by atoms with E-state index in [4.69, 9.17) is 14.2 Å². The van der Waals surface area contributed by atoms with Crippen molar-refractivity contribution >= 4 is 11.8 Å². The number of hydrogen-bond acceptors (Lipinski definition) is 5. The fourth-order valence-corrected chi connectivity index (χ4v) is 3.32. The first kappa shape index (κ1) is 15.6. The van der Waals surface area contributed by atoms with Crippen molar-refractivity contribution in [1.82, 2.24) is 9.80 Å². The first-order valence-corrected chi connectivity index (χ1v) is 8.22. The zero-order valence-electron chi connectivity index (χ0n) is 13.3. The molecule has 3 fully saturated rings. The van der Waals surface area contributed by atoms with Crippen LogP contribution in [0.25, 0.3) is 0 Å². The Morgan fingerprint density at radius 1 is 1.12 bits per heavy atom. The summed E-state index contributed by atoms with van der Waals surface area (Å²) in [5, 5.41) is 0. The highest BCUT2D eigenvalue weighted by molar-refractivity contribution is 5.92. The molecule has 0 spiro atoms. The molecule has 0 unspecified atom stereocenters. The van der Waals surface area contributed by atoms with Gasteiger partial charge in [0.05, 0.1) is 19.8 Å². The third-order valence-corrected chi connectivity index (χ3v) is 4.58. The van der Waals surface area contributed by atoms with Crippen molar-refractivity contribution in [3.05, 3.63) is 35.9 Å². The quantitative estimate of drug-likeness (QED) is 0.779. The van der Waals surface area contributed by atoms with Crippen LogP contribution in [0.5, 0.6) is 0 Å². The van der Waals surface area contributed by atoms with Crippen molar-refractivity contribution in [2.75, 3.05) is 32.8 Å². The molecule has 4 rings (SSSR count). The largest absolute Gasteiger partial charge is 0.378 e. The molecule has 128 valence electrons. The van der Waals surface area contributed by atoms with Crippen molar-refractivity contribution in [3.8, 4) is 0 Å². The van der Waals surface area contributed by atoms with E-state index in [0.29, 0.717) is 39.4 Å². The van der Waals surface area contributed by atoms with Crippen LogP contribution in [-0.4, -0.2) is 73.0 Å². The van der Waals surface area contributed by atoms with Gasteiger partial charge in [-0.25, -0.2) is 0 Å². The molecule has 7 nitrogen and oxygen atoms in total. The minimum Gasteiger partial charge on any atom is -0.378 e. The Balaban J connectivity index is 1.46. The molecular weight excluding hydrogens is 312 g/mol. The second-order valence-corrected chi connectivity index (χ2v) is 6.18. The maximum Gasteiger partial charge on any atom is 0.255 e. The Morgan fingerprint density at radius 3 is 2.62 bits per heavy atom. The Labute approximate surface area is 140 Å². The highest BCUT2D eigenvalue weighted by Crippen LogP contribution is 2.29. The molecule has 3 aliphatic rings. The summed E-state index contributed by atoms with van der Waals surface area (Å²) in [5.74, 6) is -0.361. The van der Waals surface area contributed by atoms with Crippen LogP contribution >= 0.6 is 0 Å². The molecule has 0 saturated carbocycles. The maximum absolute atomic E-state index is 12.7. The van der Waals surface area contributed by atoms with Gasteiger partial charge in [-0.15, -0.1) is 0 Å². The number of carbonyl (C=O) groups excluding carboxylic acids is 2. The normalized spacial score (nSPS) is 29.8. The molecule has 0 N–H and O–H groups in total. The third kappa shape index (κ3) is 2.90. The highest BCUT2D eigenvalue weighted by Gasteiger charge is 2.52. The summed E-state index contributed by atoms with van der Waals surface area (Å²) in [5.41, 5.74) is 1.04. The average Bonchev–Trinajstić information content (AvgIpc) is 3.00. The highest BCUT2D eigenvalue weighted by atomic mass is 16.7. The van der Waals surface area contributed by atoms with Gasteiger partial charge in [0, 0.05) is 19.6 Å². The molecule has 1 aromatic carbocycles. The number of amides is 2. The Hall–Kier alpha value is -1.96. The molecule has 0 radical (unpaired) electrons. The predicted molar refractivity (Wildman–Crippen MR) is 82.8 cm³/mol. The van der Waals surface area contributed by atoms with Gasteiger partial charge in [-0.2, -0.15) is 0 Å². The Kier molecular flexibility index (Phi) is 4.22. The smallest absolute Gasteiger partial charge is 0.255 e. The molecule has 3 aliphatic heterocycles. The second kappa shape index (κ2) is 6.51. The number of morpholine rings is 2. The van der Waals surface area contributed by atoms with E-state index in [1.54, 1.807) is 9.80 Å². The molecule has 2 bridgehead atoms. The number of nitrogens with zero attached hydrogens (tertiary/aromatic N) is 2. The number of carbonyl (C=O) groups is 2. The van der Waals surface area contributed by atoms with Gasteiger partial charge in [-0.3, -0.25) is 9.59 Å². The summed E-state index contributed by atoms with van der Waals surface area (Å²) in [6.07, 6.45) is -2.23. The van der Waals surface area contributed by atoms with E-state index >= 15 is 0 Å². The van der Waals surface area contributed by atoms with Gasteiger partial charge in [-0.1, -0.05) is 30.3 Å². The van der Waals surface area contributed by atoms with E-state index in [0.717, 1.165) is 5.56 Å². The van der Waals surface area contributed by atoms with E-state index in [9.17, 15) is 9.59 Å². The van der Waals surface area contributed by atoms with E-state index in [1.165, 1.54) is 0 Å². The van der Waals surface area contributed by atoms with Gasteiger partial charge in [0.15, 0.2) is 18.5 Å². The van der Waals surface area contributed by atoms with Crippen molar-refractivity contribution in [2.24, 2.45) is 0 Å². The van der Waals surface area contributed by atoms with Crippen molar-refractivity contribution in [1.29, 1.82) is 0 Å². The molecule has 1 aromatic rings. The Morgan fingerprint density at radius 2 is 1.88 bits per heavy atom. The number of fused-ring (bicyclic) bond motifs is 2. The second-order valence-electron chi connectivity index (χ2n) is 6.18. The number of ether oxygens (including phenoxy) is 3. The molecular formula is C17H20N2O5. The van der Waals surface area contributed by atoms with Gasteiger partial charge >= 0.3 is 0 Å². The minimum atomic E-state index is -0.846. The van der Waals surface area contributed by atoms with Crippen LogP contribution < -0.4 is 0 Å². The van der Waals surface area contributed by atoms with Gasteiger partial charge in [-0.05, 0) is 5.56 Å². The molecule has 3 atom stereocenters. The summed E-state index contributed by atoms with van der Waals surface area (Å²) in [4.78, 5) is 28.8. The maximum atomic E-state index is 12.7. The monoisotopic (exact) mass is 332 g/mol. The minimum absolute atomic E-state index is 0.180. The summed E-state index contributed by atoms with van der Waals surface area (Å²) in [7, 11) is 0. The van der Waals surface area contributed by atoms with Gasteiger partial charge in [0.2, 0.25) is 0 Å². The number of hydrogen-bond donors (Lipinski definition) is 0. The van der Waals surface area contributed by atoms with Crippen LogP contribution in [0.15, 0.2) is 30.3 Å². The summed E-state index contributed by atoms with van der Waals surface area (Å²) in [6.45, 7) is 2.92. The zero-order valence-corrected chi connectivity index (χ0v) is 13.3. The van der Waals surface area contributed by atoms with Crippen LogP contribution in [0.4, 0.5) is 0 Å². The van der Waals surface area contributed by atoms with Crippen molar-refractivity contribution in [3.63, 3.8) is 0 Å². The molecule has 0 aromatic heterocycles. The standard InChI is InChI=1S/C17H20N2O5/c20-16(18-6-8-22-9-7-18)14-15-17(21)19(11-13(23-14)24-15)10-12-4-2-1-3-5-12/h1-5,13-15H,6-11H2/t13-,14-,15-/m1/s1.